The number of benzene rings is 9. The van der Waals surface area contributed by atoms with Crippen molar-refractivity contribution in [1.82, 2.24) is 0 Å². The van der Waals surface area contributed by atoms with Gasteiger partial charge in [0.25, 0.3) is 0 Å². The van der Waals surface area contributed by atoms with E-state index in [0.717, 1.165) is 11.4 Å². The Morgan fingerprint density at radius 1 is 0.491 bits per heavy atom. The molecule has 0 amide bonds. The summed E-state index contributed by atoms with van der Waals surface area (Å²) >= 11 is 0. The molecule has 11 rings (SSSR count). The molecule has 2 aliphatic rings. The Hall–Kier alpha value is -7.10. The molecular weight excluding hydrogens is 687 g/mol. The van der Waals surface area contributed by atoms with E-state index in [-0.39, 0.29) is 0 Å². The number of hydrogen-bond acceptors (Lipinski definition) is 2. The maximum atomic E-state index is 3.92. The van der Waals surface area contributed by atoms with Gasteiger partial charge in [-0.25, -0.2) is 0 Å². The van der Waals surface area contributed by atoms with Crippen LogP contribution in [0.4, 0.5) is 28.4 Å². The molecule has 1 radical (unpaired) electrons. The van der Waals surface area contributed by atoms with Gasteiger partial charge >= 0.3 is 0 Å². The molecule has 3 heteroatoms. The predicted molar refractivity (Wildman–Crippen MR) is 241 cm³/mol. The van der Waals surface area contributed by atoms with Crippen LogP contribution in [0.5, 0.6) is 0 Å². The summed E-state index contributed by atoms with van der Waals surface area (Å²) < 4.78 is 0. The minimum absolute atomic E-state index is 0.509. The van der Waals surface area contributed by atoms with Gasteiger partial charge in [-0.1, -0.05) is 187 Å². The third kappa shape index (κ3) is 5.20. The molecule has 0 saturated heterocycles. The Morgan fingerprint density at radius 2 is 1.12 bits per heavy atom. The van der Waals surface area contributed by atoms with E-state index in [0.29, 0.717) is 0 Å². The van der Waals surface area contributed by atoms with Gasteiger partial charge < -0.3 is 10.2 Å². The van der Waals surface area contributed by atoms with E-state index in [9.17, 15) is 0 Å². The van der Waals surface area contributed by atoms with E-state index in [1.54, 1.807) is 0 Å². The van der Waals surface area contributed by atoms with Crippen molar-refractivity contribution in [3.05, 3.63) is 234 Å². The van der Waals surface area contributed by atoms with Gasteiger partial charge in [0, 0.05) is 28.0 Å². The molecule has 0 unspecified atom stereocenters. The molecule has 0 bridgehead atoms. The van der Waals surface area contributed by atoms with Gasteiger partial charge in [-0.15, -0.1) is 0 Å². The van der Waals surface area contributed by atoms with Crippen molar-refractivity contribution in [3.8, 4) is 22.3 Å². The topological polar surface area (TPSA) is 15.3 Å². The van der Waals surface area contributed by atoms with Crippen LogP contribution in [0.1, 0.15) is 27.8 Å². The molecule has 0 saturated carbocycles. The number of nitrogens with zero attached hydrogens (tertiary/aromatic N) is 1. The molecule has 9 aromatic carbocycles. The van der Waals surface area contributed by atoms with Crippen molar-refractivity contribution in [2.45, 2.75) is 12.3 Å². The van der Waals surface area contributed by atoms with Gasteiger partial charge in [0.2, 0.25) is 0 Å². The third-order valence-electron chi connectivity index (χ3n) is 12.0. The van der Waals surface area contributed by atoms with Gasteiger partial charge in [-0.05, 0) is 86.5 Å². The first-order valence-corrected chi connectivity index (χ1v) is 19.8. The van der Waals surface area contributed by atoms with Gasteiger partial charge in [0.1, 0.15) is 0 Å². The quantitative estimate of drug-likeness (QED) is 0.172. The van der Waals surface area contributed by atoms with Crippen LogP contribution >= 0.6 is 0 Å². The second-order valence-electron chi connectivity index (χ2n) is 15.2. The first kappa shape index (κ1) is 33.3. The summed E-state index contributed by atoms with van der Waals surface area (Å²) in [6.07, 6.45) is 0. The Labute approximate surface area is 335 Å². The molecule has 57 heavy (non-hydrogen) atoms. The highest BCUT2D eigenvalue weighted by atomic mass is 15.2. The van der Waals surface area contributed by atoms with E-state index in [2.05, 4.69) is 231 Å². The summed E-state index contributed by atoms with van der Waals surface area (Å²) in [5.41, 5.74) is 18.8. The van der Waals surface area contributed by atoms with Crippen molar-refractivity contribution in [3.63, 3.8) is 0 Å². The Kier molecular flexibility index (Phi) is 7.75. The fraction of sp³-hybridized carbons (Fsp3) is 0.0370. The van der Waals surface area contributed by atoms with Gasteiger partial charge in [0.15, 0.2) is 7.28 Å². The zero-order chi connectivity index (χ0) is 37.9. The summed E-state index contributed by atoms with van der Waals surface area (Å²) in [5, 5.41) is 6.31. The van der Waals surface area contributed by atoms with Crippen molar-refractivity contribution in [2.75, 3.05) is 10.2 Å². The number of fused-ring (bicyclic) bond motifs is 5. The van der Waals surface area contributed by atoms with Crippen molar-refractivity contribution >= 4 is 57.4 Å². The van der Waals surface area contributed by atoms with Crippen LogP contribution in [0.2, 0.25) is 0 Å². The smallest absolute Gasteiger partial charge is 0.197 e. The number of rotatable bonds is 6. The highest BCUT2D eigenvalue weighted by molar-refractivity contribution is 6.73. The number of para-hydroxylation sites is 2. The lowest BCUT2D eigenvalue weighted by Gasteiger charge is -2.49. The van der Waals surface area contributed by atoms with E-state index < -0.39 is 5.41 Å². The van der Waals surface area contributed by atoms with E-state index in [4.69, 9.17) is 0 Å². The second-order valence-corrected chi connectivity index (χ2v) is 15.2. The molecule has 2 nitrogen and oxygen atoms in total. The number of aryl methyl sites for hydroxylation is 1. The monoisotopic (exact) mass is 725 g/mol. The first-order chi connectivity index (χ1) is 28.2. The lowest BCUT2D eigenvalue weighted by Crippen LogP contribution is -2.47. The highest BCUT2D eigenvalue weighted by Gasteiger charge is 2.48. The fourth-order valence-corrected chi connectivity index (χ4v) is 9.54. The molecule has 2 heterocycles. The molecule has 267 valence electrons. The van der Waals surface area contributed by atoms with Crippen LogP contribution in [0.3, 0.4) is 0 Å². The minimum atomic E-state index is -0.509. The number of anilines is 5. The summed E-state index contributed by atoms with van der Waals surface area (Å²) in [7, 11) is 2.43. The van der Waals surface area contributed by atoms with Crippen LogP contribution < -0.4 is 21.1 Å². The number of nitrogens with one attached hydrogen (secondary N) is 1. The largest absolute Gasteiger partial charge is 0.355 e. The third-order valence-corrected chi connectivity index (χ3v) is 12.0. The molecule has 2 aliphatic heterocycles. The fourth-order valence-electron chi connectivity index (χ4n) is 9.54. The highest BCUT2D eigenvalue weighted by Crippen LogP contribution is 2.58. The van der Waals surface area contributed by atoms with E-state index in [1.165, 1.54) is 88.8 Å². The van der Waals surface area contributed by atoms with Crippen molar-refractivity contribution in [2.24, 2.45) is 0 Å². The Balaban J connectivity index is 1.12. The molecule has 0 atom stereocenters. The van der Waals surface area contributed by atoms with Crippen molar-refractivity contribution in [1.29, 1.82) is 0 Å². The molecule has 1 N–H and O–H groups in total. The zero-order valence-electron chi connectivity index (χ0n) is 31.7. The van der Waals surface area contributed by atoms with Gasteiger partial charge in [0.05, 0.1) is 16.8 Å². The van der Waals surface area contributed by atoms with Crippen LogP contribution in [0.15, 0.2) is 206 Å². The maximum Gasteiger partial charge on any atom is 0.197 e. The van der Waals surface area contributed by atoms with Crippen LogP contribution in [0, 0.1) is 6.92 Å². The maximum absolute atomic E-state index is 3.92. The normalized spacial score (nSPS) is 13.2. The zero-order valence-corrected chi connectivity index (χ0v) is 31.7. The average molecular weight is 726 g/mol. The summed E-state index contributed by atoms with van der Waals surface area (Å²) in [4.78, 5) is 2.55. The molecule has 0 aromatic heterocycles. The lowest BCUT2D eigenvalue weighted by atomic mass is 9.54. The second kappa shape index (κ2) is 13.3. The van der Waals surface area contributed by atoms with Gasteiger partial charge in [-0.2, -0.15) is 0 Å². The first-order valence-electron chi connectivity index (χ1n) is 19.8. The summed E-state index contributed by atoms with van der Waals surface area (Å²) in [5.74, 6) is 0. The Bertz CT molecular complexity index is 2920. The molecular formula is C54H38BN2. The molecule has 9 aromatic rings. The van der Waals surface area contributed by atoms with Crippen LogP contribution in [-0.2, 0) is 5.41 Å². The Morgan fingerprint density at radius 3 is 1.88 bits per heavy atom. The minimum Gasteiger partial charge on any atom is -0.355 e. The van der Waals surface area contributed by atoms with E-state index in [1.807, 2.05) is 0 Å². The molecule has 0 aliphatic carbocycles. The van der Waals surface area contributed by atoms with E-state index >= 15 is 0 Å². The summed E-state index contributed by atoms with van der Waals surface area (Å²) in [6.45, 7) is 2.23. The SMILES string of the molecule is Cc1cc(-c2ccc3ccccc3c2Nc2ccc(-c3ccccc3)cc2)c2c(c1)N1c3ccccc3C(c3ccccc3)(c3ccccc3)c3cccc(c31)[B]2. The van der Waals surface area contributed by atoms with Crippen LogP contribution in [0.25, 0.3) is 33.0 Å². The summed E-state index contributed by atoms with van der Waals surface area (Å²) in [6, 6.07) is 75.4. The molecule has 0 fully saturated rings. The van der Waals surface area contributed by atoms with Crippen molar-refractivity contribution < 1.29 is 0 Å². The average Bonchev–Trinajstić information content (AvgIpc) is 3.27. The lowest BCUT2D eigenvalue weighted by molar-refractivity contribution is 0.732. The predicted octanol–water partition coefficient (Wildman–Crippen LogP) is 12.4. The number of hydrogen-bond donors (Lipinski definition) is 1. The molecule has 0 spiro atoms. The van der Waals surface area contributed by atoms with Gasteiger partial charge in [-0.3, -0.25) is 0 Å². The van der Waals surface area contributed by atoms with Crippen LogP contribution in [-0.4, -0.2) is 7.28 Å². The standard InChI is InChI=1S/C54H38BN2/c1-36-34-45(44-33-30-39-18-11-12-23-43(39)52(44)56-42-31-28-38(29-32-42)37-16-5-2-6-17-37)51-50(35-36)57-49-27-14-13-24-46(49)54(40-19-7-3-8-20-40,41-21-9-4-10-22-41)47-25-15-26-48(55-51)53(47)57/h2-35,56H,1H3.